The van der Waals surface area contributed by atoms with Crippen LogP contribution in [0, 0.1) is 6.92 Å². The first kappa shape index (κ1) is 14.7. The average molecular weight is 337 g/mol. The maximum absolute atomic E-state index is 12.5. The molecule has 106 valence electrons. The summed E-state index contributed by atoms with van der Waals surface area (Å²) in [6, 6.07) is 3.98. The van der Waals surface area contributed by atoms with Gasteiger partial charge in [-0.3, -0.25) is 14.4 Å². The second kappa shape index (κ2) is 5.75. The van der Waals surface area contributed by atoms with Crippen molar-refractivity contribution in [2.45, 2.75) is 26.8 Å². The van der Waals surface area contributed by atoms with Crippen molar-refractivity contribution in [3.8, 4) is 0 Å². The van der Waals surface area contributed by atoms with Crippen LogP contribution >= 0.6 is 15.9 Å². The first-order valence-electron chi connectivity index (χ1n) is 6.36. The molecule has 0 N–H and O–H groups in total. The minimum atomic E-state index is -0.182. The van der Waals surface area contributed by atoms with Crippen LogP contribution in [0.3, 0.4) is 0 Å². The maximum atomic E-state index is 12.5. The fourth-order valence-electron chi connectivity index (χ4n) is 1.86. The third-order valence-electron chi connectivity index (χ3n) is 3.02. The molecule has 0 atom stereocenters. The van der Waals surface area contributed by atoms with Gasteiger partial charge >= 0.3 is 0 Å². The van der Waals surface area contributed by atoms with E-state index in [0.717, 1.165) is 5.56 Å². The first-order valence-corrected chi connectivity index (χ1v) is 7.15. The van der Waals surface area contributed by atoms with Gasteiger partial charge in [-0.1, -0.05) is 6.07 Å². The van der Waals surface area contributed by atoms with E-state index in [1.165, 1.54) is 4.90 Å². The number of nitrogens with zero attached hydrogens (tertiary/aromatic N) is 4. The molecule has 0 fully saturated rings. The van der Waals surface area contributed by atoms with Crippen LogP contribution in [0.4, 0.5) is 5.82 Å². The van der Waals surface area contributed by atoms with E-state index in [2.05, 4.69) is 26.0 Å². The Morgan fingerprint density at radius 1 is 1.45 bits per heavy atom. The van der Waals surface area contributed by atoms with E-state index in [4.69, 9.17) is 0 Å². The molecular weight excluding hydrogens is 320 g/mol. The third kappa shape index (κ3) is 2.75. The molecule has 0 unspecified atom stereocenters. The lowest BCUT2D eigenvalue weighted by molar-refractivity contribution is 0.0985. The van der Waals surface area contributed by atoms with Crippen molar-refractivity contribution in [1.29, 1.82) is 0 Å². The van der Waals surface area contributed by atoms with Gasteiger partial charge in [0.1, 0.15) is 5.82 Å². The number of anilines is 1. The first-order chi connectivity index (χ1) is 9.41. The van der Waals surface area contributed by atoms with Crippen molar-refractivity contribution < 1.29 is 4.79 Å². The molecule has 2 rings (SSSR count). The van der Waals surface area contributed by atoms with Crippen LogP contribution in [0.5, 0.6) is 0 Å². The average Bonchev–Trinajstić information content (AvgIpc) is 2.80. The van der Waals surface area contributed by atoms with E-state index in [1.54, 1.807) is 17.9 Å². The molecule has 0 aliphatic heterocycles. The number of aromatic nitrogens is 3. The molecule has 0 saturated carbocycles. The van der Waals surface area contributed by atoms with Gasteiger partial charge in [-0.05, 0) is 48.3 Å². The second-order valence-electron chi connectivity index (χ2n) is 4.91. The van der Waals surface area contributed by atoms with E-state index in [1.807, 2.05) is 39.1 Å². The van der Waals surface area contributed by atoms with Crippen LogP contribution in [0.2, 0.25) is 0 Å². The quantitative estimate of drug-likeness (QED) is 0.864. The third-order valence-corrected chi connectivity index (χ3v) is 3.60. The highest BCUT2D eigenvalue weighted by Crippen LogP contribution is 2.22. The SMILES string of the molecule is Cc1cccnc1N(C)C(=O)c1nn(C(C)C)cc1Br. The van der Waals surface area contributed by atoms with Crippen LogP contribution in [-0.2, 0) is 0 Å². The van der Waals surface area contributed by atoms with Gasteiger partial charge in [-0.2, -0.15) is 5.10 Å². The van der Waals surface area contributed by atoms with Crippen molar-refractivity contribution >= 4 is 27.7 Å². The van der Waals surface area contributed by atoms with Crippen molar-refractivity contribution in [3.05, 3.63) is 40.3 Å². The number of halogens is 1. The molecular formula is C14H17BrN4O. The van der Waals surface area contributed by atoms with E-state index < -0.39 is 0 Å². The highest BCUT2D eigenvalue weighted by molar-refractivity contribution is 9.10. The van der Waals surface area contributed by atoms with Gasteiger partial charge in [-0.25, -0.2) is 4.98 Å². The topological polar surface area (TPSA) is 51.0 Å². The molecule has 0 spiro atoms. The molecule has 2 heterocycles. The Labute approximate surface area is 126 Å². The molecule has 0 aromatic carbocycles. The number of carbonyl (C=O) groups is 1. The van der Waals surface area contributed by atoms with Gasteiger partial charge in [-0.15, -0.1) is 0 Å². The number of pyridine rings is 1. The summed E-state index contributed by atoms with van der Waals surface area (Å²) in [6.07, 6.45) is 3.49. The Kier molecular flexibility index (Phi) is 4.23. The molecule has 6 heteroatoms. The zero-order chi connectivity index (χ0) is 14.9. The van der Waals surface area contributed by atoms with Gasteiger partial charge < -0.3 is 0 Å². The normalized spacial score (nSPS) is 10.9. The molecule has 5 nitrogen and oxygen atoms in total. The standard InChI is InChI=1S/C14H17BrN4O/c1-9(2)19-8-11(15)12(17-19)14(20)18(4)13-10(3)6-5-7-16-13/h5-9H,1-4H3. The number of aryl methyl sites for hydroxylation is 1. The van der Waals surface area contributed by atoms with Gasteiger partial charge in [0.25, 0.3) is 5.91 Å². The Morgan fingerprint density at radius 3 is 2.70 bits per heavy atom. The lowest BCUT2D eigenvalue weighted by Crippen LogP contribution is -2.28. The molecule has 1 amide bonds. The van der Waals surface area contributed by atoms with Gasteiger partial charge in [0.05, 0.1) is 4.47 Å². The van der Waals surface area contributed by atoms with E-state index in [9.17, 15) is 4.79 Å². The minimum absolute atomic E-state index is 0.182. The summed E-state index contributed by atoms with van der Waals surface area (Å²) in [5.41, 5.74) is 1.34. The predicted octanol–water partition coefficient (Wildman–Crippen LogP) is 3.21. The number of hydrogen-bond acceptors (Lipinski definition) is 3. The number of rotatable bonds is 3. The van der Waals surface area contributed by atoms with Crippen molar-refractivity contribution in [3.63, 3.8) is 0 Å². The summed E-state index contributed by atoms with van der Waals surface area (Å²) < 4.78 is 2.45. The van der Waals surface area contributed by atoms with Crippen LogP contribution in [0.1, 0.15) is 35.9 Å². The summed E-state index contributed by atoms with van der Waals surface area (Å²) in [5.74, 6) is 0.460. The van der Waals surface area contributed by atoms with E-state index in [0.29, 0.717) is 16.0 Å². The zero-order valence-corrected chi connectivity index (χ0v) is 13.5. The van der Waals surface area contributed by atoms with Crippen LogP contribution in [0.15, 0.2) is 29.0 Å². The lowest BCUT2D eigenvalue weighted by atomic mass is 10.2. The second-order valence-corrected chi connectivity index (χ2v) is 5.76. The van der Waals surface area contributed by atoms with Crippen LogP contribution in [-0.4, -0.2) is 27.7 Å². The Morgan fingerprint density at radius 2 is 2.15 bits per heavy atom. The highest BCUT2D eigenvalue weighted by atomic mass is 79.9. The Balaban J connectivity index is 2.34. The summed E-state index contributed by atoms with van der Waals surface area (Å²) in [5, 5.41) is 4.34. The van der Waals surface area contributed by atoms with E-state index >= 15 is 0 Å². The lowest BCUT2D eigenvalue weighted by Gasteiger charge is -2.17. The number of hydrogen-bond donors (Lipinski definition) is 0. The number of carbonyl (C=O) groups excluding carboxylic acids is 1. The fraction of sp³-hybridized carbons (Fsp3) is 0.357. The summed E-state index contributed by atoms with van der Waals surface area (Å²) >= 11 is 3.39. The van der Waals surface area contributed by atoms with Gasteiger partial charge in [0.2, 0.25) is 0 Å². The molecule has 0 aliphatic rings. The van der Waals surface area contributed by atoms with E-state index in [-0.39, 0.29) is 11.9 Å². The van der Waals surface area contributed by atoms with Gasteiger partial charge in [0, 0.05) is 25.5 Å². The molecule has 0 radical (unpaired) electrons. The molecule has 2 aromatic heterocycles. The van der Waals surface area contributed by atoms with Crippen molar-refractivity contribution in [2.75, 3.05) is 11.9 Å². The zero-order valence-electron chi connectivity index (χ0n) is 12.0. The fourth-order valence-corrected chi connectivity index (χ4v) is 2.32. The Hall–Kier alpha value is -1.69. The summed E-state index contributed by atoms with van der Waals surface area (Å²) in [7, 11) is 1.71. The van der Waals surface area contributed by atoms with Crippen LogP contribution in [0.25, 0.3) is 0 Å². The van der Waals surface area contributed by atoms with Crippen molar-refractivity contribution in [1.82, 2.24) is 14.8 Å². The molecule has 0 aliphatic carbocycles. The highest BCUT2D eigenvalue weighted by Gasteiger charge is 2.22. The number of amides is 1. The van der Waals surface area contributed by atoms with Crippen molar-refractivity contribution in [2.24, 2.45) is 0 Å². The maximum Gasteiger partial charge on any atom is 0.280 e. The molecule has 2 aromatic rings. The van der Waals surface area contributed by atoms with Gasteiger partial charge in [0.15, 0.2) is 5.69 Å². The summed E-state index contributed by atoms with van der Waals surface area (Å²) in [4.78, 5) is 18.3. The largest absolute Gasteiger partial charge is 0.294 e. The molecule has 20 heavy (non-hydrogen) atoms. The predicted molar refractivity (Wildman–Crippen MR) is 82.0 cm³/mol. The summed E-state index contributed by atoms with van der Waals surface area (Å²) in [6.45, 7) is 5.95. The Bertz CT molecular complexity index is 636. The molecule has 0 bridgehead atoms. The minimum Gasteiger partial charge on any atom is -0.294 e. The monoisotopic (exact) mass is 336 g/mol. The van der Waals surface area contributed by atoms with Crippen LogP contribution < -0.4 is 4.90 Å². The molecule has 0 saturated heterocycles. The smallest absolute Gasteiger partial charge is 0.280 e.